The molecule has 0 bridgehead atoms. The van der Waals surface area contributed by atoms with Gasteiger partial charge in [-0.3, -0.25) is 9.78 Å². The van der Waals surface area contributed by atoms with Crippen LogP contribution in [0.4, 0.5) is 5.95 Å². The number of hydrogen-bond acceptors (Lipinski definition) is 5. The molecule has 2 aromatic carbocycles. The van der Waals surface area contributed by atoms with E-state index >= 15 is 0 Å². The number of halogens is 1. The number of aryl methyl sites for hydroxylation is 1. The van der Waals surface area contributed by atoms with Crippen molar-refractivity contribution in [2.24, 2.45) is 5.10 Å². The summed E-state index contributed by atoms with van der Waals surface area (Å²) in [6.07, 6.45) is 3.28. The Hall–Kier alpha value is -3.12. The minimum absolute atomic E-state index is 0.207. The number of rotatable bonds is 8. The van der Waals surface area contributed by atoms with Crippen LogP contribution in [0.25, 0.3) is 0 Å². The molecule has 0 amide bonds. The van der Waals surface area contributed by atoms with Gasteiger partial charge in [0.1, 0.15) is 12.4 Å². The molecule has 0 unspecified atom stereocenters. The molecule has 7 heteroatoms. The summed E-state index contributed by atoms with van der Waals surface area (Å²) in [6, 6.07) is 16.6. The van der Waals surface area contributed by atoms with E-state index in [0.717, 1.165) is 29.7 Å². The second-order valence-corrected chi connectivity index (χ2v) is 6.60. The van der Waals surface area contributed by atoms with Gasteiger partial charge in [0.25, 0.3) is 5.56 Å². The highest BCUT2D eigenvalue weighted by molar-refractivity contribution is 6.30. The lowest BCUT2D eigenvalue weighted by molar-refractivity contribution is 0.306. The number of aromatic amines is 1. The van der Waals surface area contributed by atoms with E-state index in [0.29, 0.717) is 23.3 Å². The fourth-order valence-electron chi connectivity index (χ4n) is 2.61. The monoisotopic (exact) mass is 396 g/mol. The van der Waals surface area contributed by atoms with Crippen LogP contribution >= 0.6 is 11.6 Å². The molecule has 1 aromatic heterocycles. The van der Waals surface area contributed by atoms with Crippen LogP contribution in [-0.2, 0) is 13.0 Å². The molecule has 3 rings (SSSR count). The van der Waals surface area contributed by atoms with Gasteiger partial charge < -0.3 is 4.74 Å². The number of hydrogen-bond donors (Lipinski definition) is 2. The van der Waals surface area contributed by atoms with Crippen molar-refractivity contribution >= 4 is 23.8 Å². The van der Waals surface area contributed by atoms with Crippen molar-refractivity contribution in [3.05, 3.63) is 86.8 Å². The van der Waals surface area contributed by atoms with E-state index in [4.69, 9.17) is 16.3 Å². The Kier molecular flexibility index (Phi) is 6.81. The molecule has 144 valence electrons. The Bertz CT molecular complexity index is 1020. The summed E-state index contributed by atoms with van der Waals surface area (Å²) >= 11 is 6.01. The van der Waals surface area contributed by atoms with Crippen LogP contribution in [0.2, 0.25) is 5.02 Å². The number of hydrazone groups is 1. The van der Waals surface area contributed by atoms with Crippen molar-refractivity contribution in [3.63, 3.8) is 0 Å². The van der Waals surface area contributed by atoms with Gasteiger partial charge in [-0.1, -0.05) is 49.2 Å². The van der Waals surface area contributed by atoms with E-state index in [1.807, 2.05) is 55.5 Å². The Balaban J connectivity index is 1.68. The van der Waals surface area contributed by atoms with E-state index in [2.05, 4.69) is 20.5 Å². The normalized spacial score (nSPS) is 10.9. The van der Waals surface area contributed by atoms with Gasteiger partial charge in [-0.15, -0.1) is 0 Å². The molecule has 0 aliphatic carbocycles. The quantitative estimate of drug-likeness (QED) is 0.437. The minimum Gasteiger partial charge on any atom is -0.488 e. The summed E-state index contributed by atoms with van der Waals surface area (Å²) in [6.45, 7) is 2.43. The third kappa shape index (κ3) is 5.69. The first-order valence-corrected chi connectivity index (χ1v) is 9.37. The van der Waals surface area contributed by atoms with Gasteiger partial charge >= 0.3 is 0 Å². The maximum Gasteiger partial charge on any atom is 0.252 e. The molecule has 0 aliphatic rings. The number of H-pyrrole nitrogens is 1. The number of ether oxygens (including phenoxy) is 1. The van der Waals surface area contributed by atoms with Crippen molar-refractivity contribution in [1.29, 1.82) is 0 Å². The molecule has 3 aromatic rings. The highest BCUT2D eigenvalue weighted by atomic mass is 35.5. The van der Waals surface area contributed by atoms with Crippen LogP contribution < -0.4 is 15.7 Å². The van der Waals surface area contributed by atoms with E-state index in [9.17, 15) is 4.79 Å². The first-order valence-electron chi connectivity index (χ1n) is 8.99. The highest BCUT2D eigenvalue weighted by Gasteiger charge is 2.03. The van der Waals surface area contributed by atoms with Crippen LogP contribution in [0.3, 0.4) is 0 Å². The fourth-order valence-corrected chi connectivity index (χ4v) is 2.83. The summed E-state index contributed by atoms with van der Waals surface area (Å²) in [4.78, 5) is 18.7. The minimum atomic E-state index is -0.207. The standard InChI is InChI=1S/C21H21ClN4O2/c1-2-6-18-12-20(27)25-21(24-18)26-23-13-16-8-3-4-10-19(16)28-14-15-7-5-9-17(22)11-15/h3-5,7-13H,2,6,14H2,1H3,(H2,24,25,26,27)/b23-13+. The second kappa shape index (κ2) is 9.71. The number of aromatic nitrogens is 2. The lowest BCUT2D eigenvalue weighted by Gasteiger charge is -2.09. The second-order valence-electron chi connectivity index (χ2n) is 6.16. The molecule has 28 heavy (non-hydrogen) atoms. The van der Waals surface area contributed by atoms with Crippen LogP contribution in [0.1, 0.15) is 30.2 Å². The SMILES string of the molecule is CCCc1cc(=O)[nH]c(N/N=C/c2ccccc2OCc2cccc(Cl)c2)n1. The van der Waals surface area contributed by atoms with Crippen molar-refractivity contribution in [2.75, 3.05) is 5.43 Å². The zero-order chi connectivity index (χ0) is 19.8. The number of benzene rings is 2. The largest absolute Gasteiger partial charge is 0.488 e. The van der Waals surface area contributed by atoms with Gasteiger partial charge in [0, 0.05) is 22.3 Å². The summed E-state index contributed by atoms with van der Waals surface area (Å²) in [5.74, 6) is 0.999. The molecule has 0 aliphatic heterocycles. The van der Waals surface area contributed by atoms with Crippen molar-refractivity contribution in [2.45, 2.75) is 26.4 Å². The average molecular weight is 397 g/mol. The third-order valence-electron chi connectivity index (χ3n) is 3.88. The van der Waals surface area contributed by atoms with E-state index in [-0.39, 0.29) is 5.56 Å². The van der Waals surface area contributed by atoms with E-state index in [1.165, 1.54) is 6.07 Å². The Morgan fingerprint density at radius 3 is 2.89 bits per heavy atom. The van der Waals surface area contributed by atoms with Gasteiger partial charge in [-0.25, -0.2) is 10.4 Å². The topological polar surface area (TPSA) is 79.4 Å². The summed E-state index contributed by atoms with van der Waals surface area (Å²) < 4.78 is 5.90. The van der Waals surface area contributed by atoms with Crippen molar-refractivity contribution in [3.8, 4) is 5.75 Å². The molecule has 0 spiro atoms. The zero-order valence-electron chi connectivity index (χ0n) is 15.5. The maximum atomic E-state index is 11.7. The van der Waals surface area contributed by atoms with Crippen LogP contribution in [0, 0.1) is 0 Å². The first-order chi connectivity index (χ1) is 13.6. The lowest BCUT2D eigenvalue weighted by Crippen LogP contribution is -2.12. The lowest BCUT2D eigenvalue weighted by atomic mass is 10.2. The summed E-state index contributed by atoms with van der Waals surface area (Å²) in [5.41, 5.74) is 5.07. The number of anilines is 1. The third-order valence-corrected chi connectivity index (χ3v) is 4.11. The van der Waals surface area contributed by atoms with Crippen molar-refractivity contribution in [1.82, 2.24) is 9.97 Å². The molecular weight excluding hydrogens is 376 g/mol. The summed E-state index contributed by atoms with van der Waals surface area (Å²) in [5, 5.41) is 4.85. The molecule has 0 radical (unpaired) electrons. The van der Waals surface area contributed by atoms with Gasteiger partial charge in [-0.05, 0) is 36.2 Å². The smallest absolute Gasteiger partial charge is 0.252 e. The first kappa shape index (κ1) is 19.6. The predicted molar refractivity (Wildman–Crippen MR) is 112 cm³/mol. The van der Waals surface area contributed by atoms with Gasteiger partial charge in [-0.2, -0.15) is 5.10 Å². The molecule has 0 atom stereocenters. The Labute approximate surface area is 168 Å². The van der Waals surface area contributed by atoms with Crippen LogP contribution in [-0.4, -0.2) is 16.2 Å². The van der Waals surface area contributed by atoms with Gasteiger partial charge in [0.05, 0.1) is 6.21 Å². The Morgan fingerprint density at radius 1 is 1.21 bits per heavy atom. The molecule has 6 nitrogen and oxygen atoms in total. The molecule has 0 saturated carbocycles. The van der Waals surface area contributed by atoms with E-state index in [1.54, 1.807) is 6.21 Å². The number of nitrogens with one attached hydrogen (secondary N) is 2. The maximum absolute atomic E-state index is 11.7. The van der Waals surface area contributed by atoms with Crippen LogP contribution in [0.15, 0.2) is 64.5 Å². The highest BCUT2D eigenvalue weighted by Crippen LogP contribution is 2.19. The van der Waals surface area contributed by atoms with Crippen LogP contribution in [0.5, 0.6) is 5.75 Å². The predicted octanol–water partition coefficient (Wildman–Crippen LogP) is 4.40. The van der Waals surface area contributed by atoms with Gasteiger partial charge in [0.2, 0.25) is 5.95 Å². The van der Waals surface area contributed by atoms with Gasteiger partial charge in [0.15, 0.2) is 0 Å². The van der Waals surface area contributed by atoms with Crippen molar-refractivity contribution < 1.29 is 4.74 Å². The zero-order valence-corrected chi connectivity index (χ0v) is 16.2. The van der Waals surface area contributed by atoms with E-state index < -0.39 is 0 Å². The number of nitrogens with zero attached hydrogens (tertiary/aromatic N) is 2. The molecule has 2 N–H and O–H groups in total. The Morgan fingerprint density at radius 2 is 2.07 bits per heavy atom. The molecule has 0 fully saturated rings. The molecule has 1 heterocycles. The average Bonchev–Trinajstić information content (AvgIpc) is 2.67. The fraction of sp³-hybridized carbons (Fsp3) is 0.190. The summed E-state index contributed by atoms with van der Waals surface area (Å²) in [7, 11) is 0. The number of para-hydroxylation sites is 1. The molecular formula is C21H21ClN4O2. The molecule has 0 saturated heterocycles.